The minimum atomic E-state index is -0.959. The number of halogens is 1. The second-order valence-corrected chi connectivity index (χ2v) is 5.03. The topological polar surface area (TPSA) is 53.4 Å². The van der Waals surface area contributed by atoms with Crippen molar-refractivity contribution in [3.8, 4) is 0 Å². The summed E-state index contributed by atoms with van der Waals surface area (Å²) in [6, 6.07) is 10.9. The maximum absolute atomic E-state index is 11.0. The Bertz CT molecular complexity index is 644. The van der Waals surface area contributed by atoms with Gasteiger partial charge in [-0.3, -0.25) is 0 Å². The highest BCUT2D eigenvalue weighted by Gasteiger charge is 2.11. The van der Waals surface area contributed by atoms with E-state index in [0.29, 0.717) is 17.3 Å². The summed E-state index contributed by atoms with van der Waals surface area (Å²) >= 11 is 5.96. The van der Waals surface area contributed by atoms with Gasteiger partial charge < -0.3 is 10.0 Å². The number of anilines is 1. The molecule has 0 aliphatic heterocycles. The first-order valence-electron chi connectivity index (χ1n) is 6.14. The van der Waals surface area contributed by atoms with E-state index < -0.39 is 5.97 Å². The minimum absolute atomic E-state index is 0.227. The van der Waals surface area contributed by atoms with Crippen LogP contribution in [0, 0.1) is 6.92 Å². The quantitative estimate of drug-likeness (QED) is 0.938. The van der Waals surface area contributed by atoms with Crippen molar-refractivity contribution in [3.05, 3.63) is 58.2 Å². The lowest BCUT2D eigenvalue weighted by molar-refractivity contribution is 0.0695. The van der Waals surface area contributed by atoms with Crippen LogP contribution in [-0.4, -0.2) is 23.1 Å². The zero-order valence-electron chi connectivity index (χ0n) is 11.3. The van der Waals surface area contributed by atoms with Gasteiger partial charge >= 0.3 is 5.97 Å². The standard InChI is InChI=1S/C15H15ClN2O2/c1-10-13(15(19)20)6-7-14(17-10)18(2)9-11-4-3-5-12(16)8-11/h3-8H,9H2,1-2H3,(H,19,20). The molecule has 0 amide bonds. The fourth-order valence-electron chi connectivity index (χ4n) is 1.98. The molecule has 0 aliphatic carbocycles. The Morgan fingerprint density at radius 2 is 2.10 bits per heavy atom. The van der Waals surface area contributed by atoms with Crippen molar-refractivity contribution >= 4 is 23.4 Å². The SMILES string of the molecule is Cc1nc(N(C)Cc2cccc(Cl)c2)ccc1C(=O)O. The number of hydrogen-bond donors (Lipinski definition) is 1. The first kappa shape index (κ1) is 14.3. The highest BCUT2D eigenvalue weighted by Crippen LogP contribution is 2.18. The van der Waals surface area contributed by atoms with E-state index in [1.807, 2.05) is 36.2 Å². The molecule has 4 nitrogen and oxygen atoms in total. The molecular formula is C15H15ClN2O2. The molecule has 1 N–H and O–H groups in total. The highest BCUT2D eigenvalue weighted by atomic mass is 35.5. The third kappa shape index (κ3) is 3.27. The lowest BCUT2D eigenvalue weighted by atomic mass is 10.2. The number of benzene rings is 1. The predicted molar refractivity (Wildman–Crippen MR) is 79.5 cm³/mol. The fraction of sp³-hybridized carbons (Fsp3) is 0.200. The predicted octanol–water partition coefficient (Wildman–Crippen LogP) is 3.38. The monoisotopic (exact) mass is 290 g/mol. The van der Waals surface area contributed by atoms with E-state index in [4.69, 9.17) is 16.7 Å². The lowest BCUT2D eigenvalue weighted by Crippen LogP contribution is -2.18. The third-order valence-electron chi connectivity index (χ3n) is 3.00. The van der Waals surface area contributed by atoms with Gasteiger partial charge in [-0.25, -0.2) is 9.78 Å². The normalized spacial score (nSPS) is 10.3. The van der Waals surface area contributed by atoms with E-state index in [1.165, 1.54) is 0 Å². The van der Waals surface area contributed by atoms with Crippen LogP contribution in [0.5, 0.6) is 0 Å². The molecule has 0 radical (unpaired) electrons. The molecule has 0 saturated heterocycles. The molecule has 0 spiro atoms. The van der Waals surface area contributed by atoms with E-state index in [9.17, 15) is 4.79 Å². The average Bonchev–Trinajstić information content (AvgIpc) is 2.38. The molecule has 0 fully saturated rings. The number of hydrogen-bond acceptors (Lipinski definition) is 3. The van der Waals surface area contributed by atoms with Gasteiger partial charge in [0, 0.05) is 18.6 Å². The van der Waals surface area contributed by atoms with Crippen LogP contribution in [0.4, 0.5) is 5.82 Å². The summed E-state index contributed by atoms with van der Waals surface area (Å²) in [5.41, 5.74) is 1.81. The highest BCUT2D eigenvalue weighted by molar-refractivity contribution is 6.30. The number of aromatic carboxylic acids is 1. The Hall–Kier alpha value is -2.07. The summed E-state index contributed by atoms with van der Waals surface area (Å²) in [4.78, 5) is 17.2. The zero-order valence-corrected chi connectivity index (χ0v) is 12.1. The second kappa shape index (κ2) is 5.92. The van der Waals surface area contributed by atoms with Crippen LogP contribution in [0.3, 0.4) is 0 Å². The Labute approximate surface area is 122 Å². The third-order valence-corrected chi connectivity index (χ3v) is 3.24. The molecule has 1 heterocycles. The molecule has 5 heteroatoms. The molecule has 1 aromatic heterocycles. The first-order valence-corrected chi connectivity index (χ1v) is 6.51. The number of carboxylic acids is 1. The number of aromatic nitrogens is 1. The van der Waals surface area contributed by atoms with Gasteiger partial charge in [-0.1, -0.05) is 23.7 Å². The Balaban J connectivity index is 2.19. The van der Waals surface area contributed by atoms with Crippen molar-refractivity contribution in [1.29, 1.82) is 0 Å². The van der Waals surface area contributed by atoms with Crippen molar-refractivity contribution in [3.63, 3.8) is 0 Å². The van der Waals surface area contributed by atoms with E-state index >= 15 is 0 Å². The first-order chi connectivity index (χ1) is 9.47. The molecule has 0 bridgehead atoms. The van der Waals surface area contributed by atoms with Gasteiger partial charge in [-0.05, 0) is 36.8 Å². The number of carboxylic acid groups (broad SMARTS) is 1. The van der Waals surface area contributed by atoms with Crippen molar-refractivity contribution in [2.45, 2.75) is 13.5 Å². The van der Waals surface area contributed by atoms with E-state index in [0.717, 1.165) is 11.4 Å². The van der Waals surface area contributed by atoms with Gasteiger partial charge in [0.25, 0.3) is 0 Å². The molecule has 20 heavy (non-hydrogen) atoms. The average molecular weight is 291 g/mol. The van der Waals surface area contributed by atoms with Gasteiger partial charge in [0.2, 0.25) is 0 Å². The van der Waals surface area contributed by atoms with Gasteiger partial charge in [0.05, 0.1) is 11.3 Å². The summed E-state index contributed by atoms with van der Waals surface area (Å²) in [7, 11) is 1.91. The number of carbonyl (C=O) groups is 1. The second-order valence-electron chi connectivity index (χ2n) is 4.59. The minimum Gasteiger partial charge on any atom is -0.478 e. The molecule has 0 atom stereocenters. The largest absolute Gasteiger partial charge is 0.478 e. The van der Waals surface area contributed by atoms with Crippen molar-refractivity contribution in [1.82, 2.24) is 4.98 Å². The molecule has 1 aromatic carbocycles. The van der Waals surface area contributed by atoms with Crippen LogP contribution in [-0.2, 0) is 6.54 Å². The van der Waals surface area contributed by atoms with Crippen molar-refractivity contribution in [2.75, 3.05) is 11.9 Å². The summed E-state index contributed by atoms with van der Waals surface area (Å²) in [5.74, 6) is -0.230. The molecule has 104 valence electrons. The van der Waals surface area contributed by atoms with Crippen molar-refractivity contribution in [2.24, 2.45) is 0 Å². The number of aryl methyl sites for hydroxylation is 1. The summed E-state index contributed by atoms with van der Waals surface area (Å²) in [5, 5.41) is 9.69. The maximum Gasteiger partial charge on any atom is 0.337 e. The van der Waals surface area contributed by atoms with Gasteiger partial charge in [0.15, 0.2) is 0 Å². The lowest BCUT2D eigenvalue weighted by Gasteiger charge is -2.19. The molecule has 0 unspecified atom stereocenters. The zero-order chi connectivity index (χ0) is 14.7. The van der Waals surface area contributed by atoms with E-state index in [2.05, 4.69) is 4.98 Å². The maximum atomic E-state index is 11.0. The van der Waals surface area contributed by atoms with E-state index in [1.54, 1.807) is 19.1 Å². The molecule has 2 aromatic rings. The fourth-order valence-corrected chi connectivity index (χ4v) is 2.19. The van der Waals surface area contributed by atoms with Crippen LogP contribution >= 0.6 is 11.6 Å². The Morgan fingerprint density at radius 1 is 1.35 bits per heavy atom. The van der Waals surface area contributed by atoms with Gasteiger partial charge in [-0.2, -0.15) is 0 Å². The number of pyridine rings is 1. The molecule has 0 aliphatic rings. The van der Waals surface area contributed by atoms with Crippen LogP contribution in [0.2, 0.25) is 5.02 Å². The molecular weight excluding hydrogens is 276 g/mol. The summed E-state index contributed by atoms with van der Waals surface area (Å²) in [6.07, 6.45) is 0. The van der Waals surface area contributed by atoms with Gasteiger partial charge in [0.1, 0.15) is 5.82 Å². The molecule has 0 saturated carbocycles. The Kier molecular flexibility index (Phi) is 4.25. The van der Waals surface area contributed by atoms with Crippen LogP contribution in [0.25, 0.3) is 0 Å². The van der Waals surface area contributed by atoms with Gasteiger partial charge in [-0.15, -0.1) is 0 Å². The van der Waals surface area contributed by atoms with Crippen molar-refractivity contribution < 1.29 is 9.90 Å². The number of rotatable bonds is 4. The summed E-state index contributed by atoms with van der Waals surface area (Å²) in [6.45, 7) is 2.35. The smallest absolute Gasteiger partial charge is 0.337 e. The molecule has 2 rings (SSSR count). The van der Waals surface area contributed by atoms with Crippen LogP contribution < -0.4 is 4.90 Å². The number of nitrogens with zero attached hydrogens (tertiary/aromatic N) is 2. The summed E-state index contributed by atoms with van der Waals surface area (Å²) < 4.78 is 0. The Morgan fingerprint density at radius 3 is 2.70 bits per heavy atom. The van der Waals surface area contributed by atoms with E-state index in [-0.39, 0.29) is 5.56 Å². The van der Waals surface area contributed by atoms with Crippen LogP contribution in [0.1, 0.15) is 21.6 Å². The van der Waals surface area contributed by atoms with Crippen LogP contribution in [0.15, 0.2) is 36.4 Å².